The van der Waals surface area contributed by atoms with E-state index in [1.165, 1.54) is 18.0 Å². The second-order valence-electron chi connectivity index (χ2n) is 3.75. The lowest BCUT2D eigenvalue weighted by atomic mass is 10.4. The van der Waals surface area contributed by atoms with Gasteiger partial charge in [-0.3, -0.25) is 4.79 Å². The third-order valence-corrected chi connectivity index (χ3v) is 4.47. The van der Waals surface area contributed by atoms with Crippen LogP contribution in [0.4, 0.5) is 5.82 Å². The van der Waals surface area contributed by atoms with Crippen LogP contribution in [0, 0.1) is 0 Å². The van der Waals surface area contributed by atoms with Crippen LogP contribution in [0.3, 0.4) is 0 Å². The summed E-state index contributed by atoms with van der Waals surface area (Å²) in [5, 5.41) is 4.23. The van der Waals surface area contributed by atoms with Gasteiger partial charge in [-0.25, -0.2) is 4.98 Å². The lowest BCUT2D eigenvalue weighted by Gasteiger charge is -2.07. The number of nitrogens with one attached hydrogen (secondary N) is 1. The predicted molar refractivity (Wildman–Crippen MR) is 85.1 cm³/mol. The van der Waals surface area contributed by atoms with Crippen molar-refractivity contribution >= 4 is 58.3 Å². The molecular weight excluding hydrogens is 339 g/mol. The lowest BCUT2D eigenvalue weighted by molar-refractivity contribution is -0.113. The van der Waals surface area contributed by atoms with Gasteiger partial charge in [0.05, 0.1) is 20.8 Å². The maximum atomic E-state index is 11.8. The van der Waals surface area contributed by atoms with Crippen molar-refractivity contribution in [2.75, 3.05) is 11.1 Å². The molecule has 2 rings (SSSR count). The molecule has 1 aromatic carbocycles. The van der Waals surface area contributed by atoms with E-state index >= 15 is 0 Å². The van der Waals surface area contributed by atoms with Crippen LogP contribution in [0.2, 0.25) is 15.1 Å². The normalized spacial score (nSPS) is 10.3. The second kappa shape index (κ2) is 7.18. The van der Waals surface area contributed by atoms with Crippen molar-refractivity contribution < 1.29 is 4.79 Å². The van der Waals surface area contributed by atoms with Crippen LogP contribution in [0.15, 0.2) is 41.4 Å². The standard InChI is InChI=1S/C13H9Cl3N2OS/c14-8-4-5-11(17-6-8)18-12(19)7-20-13-9(15)2-1-3-10(13)16/h1-6H,7H2,(H,17,18,19). The molecular formula is C13H9Cl3N2OS. The van der Waals surface area contributed by atoms with E-state index in [4.69, 9.17) is 34.8 Å². The van der Waals surface area contributed by atoms with Gasteiger partial charge in [0.2, 0.25) is 5.91 Å². The molecule has 0 aliphatic carbocycles. The number of nitrogens with zero attached hydrogens (tertiary/aromatic N) is 1. The topological polar surface area (TPSA) is 42.0 Å². The van der Waals surface area contributed by atoms with Gasteiger partial charge in [-0.2, -0.15) is 0 Å². The lowest BCUT2D eigenvalue weighted by Crippen LogP contribution is -2.14. The van der Waals surface area contributed by atoms with Crippen molar-refractivity contribution in [1.82, 2.24) is 4.98 Å². The number of anilines is 1. The van der Waals surface area contributed by atoms with Gasteiger partial charge in [-0.05, 0) is 24.3 Å². The third-order valence-electron chi connectivity index (χ3n) is 2.26. The van der Waals surface area contributed by atoms with E-state index in [1.807, 2.05) is 0 Å². The number of benzene rings is 1. The molecule has 0 spiro atoms. The highest BCUT2D eigenvalue weighted by Crippen LogP contribution is 2.33. The van der Waals surface area contributed by atoms with E-state index in [2.05, 4.69) is 10.3 Å². The number of thioether (sulfide) groups is 1. The summed E-state index contributed by atoms with van der Waals surface area (Å²) in [6.07, 6.45) is 1.47. The molecule has 20 heavy (non-hydrogen) atoms. The Bertz CT molecular complexity index is 599. The SMILES string of the molecule is O=C(CSc1c(Cl)cccc1Cl)Nc1ccc(Cl)cn1. The number of halogens is 3. The molecule has 1 heterocycles. The highest BCUT2D eigenvalue weighted by molar-refractivity contribution is 8.00. The van der Waals surface area contributed by atoms with Crippen LogP contribution in [-0.4, -0.2) is 16.6 Å². The first-order valence-corrected chi connectivity index (χ1v) is 7.66. The Morgan fingerprint density at radius 1 is 1.15 bits per heavy atom. The van der Waals surface area contributed by atoms with E-state index in [9.17, 15) is 4.79 Å². The predicted octanol–water partition coefficient (Wildman–Crippen LogP) is 4.77. The fourth-order valence-electron chi connectivity index (χ4n) is 1.39. The van der Waals surface area contributed by atoms with Crippen molar-refractivity contribution in [3.05, 3.63) is 51.6 Å². The summed E-state index contributed by atoms with van der Waals surface area (Å²) in [5.41, 5.74) is 0. The van der Waals surface area contributed by atoms with Crippen LogP contribution in [0.5, 0.6) is 0 Å². The number of carbonyl (C=O) groups is 1. The van der Waals surface area contributed by atoms with E-state index in [0.29, 0.717) is 25.8 Å². The van der Waals surface area contributed by atoms with Gasteiger partial charge >= 0.3 is 0 Å². The fourth-order valence-corrected chi connectivity index (χ4v) is 2.98. The number of hydrogen-bond acceptors (Lipinski definition) is 3. The molecule has 2 aromatic rings. The van der Waals surface area contributed by atoms with E-state index in [1.54, 1.807) is 30.3 Å². The van der Waals surface area contributed by atoms with Gasteiger partial charge < -0.3 is 5.32 Å². The fraction of sp³-hybridized carbons (Fsp3) is 0.0769. The molecule has 0 aliphatic rings. The molecule has 7 heteroatoms. The van der Waals surface area contributed by atoms with Gasteiger partial charge in [0, 0.05) is 11.1 Å². The zero-order chi connectivity index (χ0) is 14.5. The number of rotatable bonds is 4. The number of pyridine rings is 1. The molecule has 0 saturated carbocycles. The van der Waals surface area contributed by atoms with Gasteiger partial charge in [-0.1, -0.05) is 40.9 Å². The molecule has 0 fully saturated rings. The number of carbonyl (C=O) groups excluding carboxylic acids is 1. The van der Waals surface area contributed by atoms with Gasteiger partial charge in [0.25, 0.3) is 0 Å². The largest absolute Gasteiger partial charge is 0.310 e. The Morgan fingerprint density at radius 2 is 1.85 bits per heavy atom. The maximum Gasteiger partial charge on any atom is 0.235 e. The zero-order valence-electron chi connectivity index (χ0n) is 10.1. The second-order valence-corrected chi connectivity index (χ2v) is 5.99. The summed E-state index contributed by atoms with van der Waals surface area (Å²) in [5.74, 6) is 0.444. The molecule has 104 valence electrons. The van der Waals surface area contributed by atoms with Crippen molar-refractivity contribution in [1.29, 1.82) is 0 Å². The first-order valence-electron chi connectivity index (χ1n) is 5.54. The Balaban J connectivity index is 1.94. The average molecular weight is 348 g/mol. The van der Waals surface area contributed by atoms with Crippen LogP contribution < -0.4 is 5.32 Å². The molecule has 1 N–H and O–H groups in total. The Kier molecular flexibility index (Phi) is 5.54. The van der Waals surface area contributed by atoms with Crippen molar-refractivity contribution in [2.24, 2.45) is 0 Å². The number of aromatic nitrogens is 1. The first kappa shape index (κ1) is 15.4. The molecule has 0 bridgehead atoms. The molecule has 1 amide bonds. The van der Waals surface area contributed by atoms with E-state index in [0.717, 1.165) is 0 Å². The molecule has 3 nitrogen and oxygen atoms in total. The minimum atomic E-state index is -0.194. The third kappa shape index (κ3) is 4.28. The summed E-state index contributed by atoms with van der Waals surface area (Å²) in [7, 11) is 0. The first-order chi connectivity index (χ1) is 9.56. The van der Waals surface area contributed by atoms with Crippen molar-refractivity contribution in [3.63, 3.8) is 0 Å². The van der Waals surface area contributed by atoms with E-state index < -0.39 is 0 Å². The van der Waals surface area contributed by atoms with Crippen molar-refractivity contribution in [3.8, 4) is 0 Å². The molecule has 0 atom stereocenters. The van der Waals surface area contributed by atoms with Crippen LogP contribution in [0.1, 0.15) is 0 Å². The van der Waals surface area contributed by atoms with Crippen LogP contribution in [0.25, 0.3) is 0 Å². The Labute approximate surface area is 135 Å². The molecule has 1 aromatic heterocycles. The Morgan fingerprint density at radius 3 is 2.45 bits per heavy atom. The monoisotopic (exact) mass is 346 g/mol. The van der Waals surface area contributed by atoms with Crippen molar-refractivity contribution in [2.45, 2.75) is 4.90 Å². The molecule has 0 saturated heterocycles. The Hall–Kier alpha value is -0.940. The minimum Gasteiger partial charge on any atom is -0.310 e. The van der Waals surface area contributed by atoms with Crippen LogP contribution in [-0.2, 0) is 4.79 Å². The summed E-state index contributed by atoms with van der Waals surface area (Å²) >= 11 is 19.0. The van der Waals surface area contributed by atoms with Gasteiger partial charge in [-0.15, -0.1) is 11.8 Å². The summed E-state index contributed by atoms with van der Waals surface area (Å²) in [6.45, 7) is 0. The van der Waals surface area contributed by atoms with Gasteiger partial charge in [0.1, 0.15) is 5.82 Å². The molecule has 0 aliphatic heterocycles. The summed E-state index contributed by atoms with van der Waals surface area (Å²) in [6, 6.07) is 8.50. The zero-order valence-corrected chi connectivity index (χ0v) is 13.2. The summed E-state index contributed by atoms with van der Waals surface area (Å²) < 4.78 is 0. The maximum absolute atomic E-state index is 11.8. The molecule has 0 unspecified atom stereocenters. The van der Waals surface area contributed by atoms with E-state index in [-0.39, 0.29) is 11.7 Å². The smallest absolute Gasteiger partial charge is 0.235 e. The van der Waals surface area contributed by atoms with Crippen LogP contribution >= 0.6 is 46.6 Å². The number of amides is 1. The molecule has 0 radical (unpaired) electrons. The quantitative estimate of drug-likeness (QED) is 0.810. The average Bonchev–Trinajstić information content (AvgIpc) is 2.41. The minimum absolute atomic E-state index is 0.188. The summed E-state index contributed by atoms with van der Waals surface area (Å²) in [4.78, 5) is 16.5. The highest BCUT2D eigenvalue weighted by Gasteiger charge is 2.09. The number of hydrogen-bond donors (Lipinski definition) is 1. The van der Waals surface area contributed by atoms with Gasteiger partial charge in [0.15, 0.2) is 0 Å². The highest BCUT2D eigenvalue weighted by atomic mass is 35.5.